The summed E-state index contributed by atoms with van der Waals surface area (Å²) in [7, 11) is 1.46. The average Bonchev–Trinajstić information content (AvgIpc) is 3.01. The Bertz CT molecular complexity index is 1200. The third-order valence-electron chi connectivity index (χ3n) is 5.40. The number of ether oxygens (including phenoxy) is 1. The number of halogens is 1. The van der Waals surface area contributed by atoms with Gasteiger partial charge in [-0.05, 0) is 49.3 Å². The Labute approximate surface area is 176 Å². The molecule has 0 aliphatic heterocycles. The highest BCUT2D eigenvalue weighted by Crippen LogP contribution is 2.41. The Morgan fingerprint density at radius 2 is 2.17 bits per heavy atom. The highest BCUT2D eigenvalue weighted by atomic mass is 35.5. The van der Waals surface area contributed by atoms with E-state index in [0.29, 0.717) is 32.6 Å². The number of aromatic nitrogens is 1. The van der Waals surface area contributed by atoms with Crippen molar-refractivity contribution < 1.29 is 14.6 Å². The van der Waals surface area contributed by atoms with Gasteiger partial charge in [0.1, 0.15) is 21.9 Å². The molecule has 1 unspecified atom stereocenters. The molecule has 0 fully saturated rings. The predicted octanol–water partition coefficient (Wildman–Crippen LogP) is 4.64. The fourth-order valence-electron chi connectivity index (χ4n) is 3.81. The first-order valence-corrected chi connectivity index (χ1v) is 10.5. The molecule has 2 aromatic heterocycles. The van der Waals surface area contributed by atoms with Crippen LogP contribution < -0.4 is 15.6 Å². The number of methoxy groups -OCH3 is 1. The number of pyridine rings is 1. The van der Waals surface area contributed by atoms with E-state index >= 15 is 0 Å². The zero-order valence-electron chi connectivity index (χ0n) is 16.3. The van der Waals surface area contributed by atoms with E-state index in [1.54, 1.807) is 19.1 Å². The van der Waals surface area contributed by atoms with Crippen molar-refractivity contribution in [1.29, 1.82) is 0 Å². The lowest BCUT2D eigenvalue weighted by molar-refractivity contribution is 0.102. The minimum absolute atomic E-state index is 0.266. The fourth-order valence-corrected chi connectivity index (χ4v) is 5.37. The van der Waals surface area contributed by atoms with E-state index in [4.69, 9.17) is 16.3 Å². The molecular weight excluding hydrogens is 412 g/mol. The number of hydrogen-bond acceptors (Lipinski definition) is 5. The van der Waals surface area contributed by atoms with Crippen molar-refractivity contribution in [1.82, 2.24) is 4.98 Å². The van der Waals surface area contributed by atoms with Crippen LogP contribution in [-0.2, 0) is 12.8 Å². The van der Waals surface area contributed by atoms with Crippen molar-refractivity contribution in [3.8, 4) is 11.5 Å². The highest BCUT2D eigenvalue weighted by molar-refractivity contribution is 7.18. The van der Waals surface area contributed by atoms with E-state index in [1.807, 2.05) is 0 Å². The van der Waals surface area contributed by atoms with Gasteiger partial charge >= 0.3 is 0 Å². The molecule has 1 amide bonds. The van der Waals surface area contributed by atoms with Gasteiger partial charge in [0.25, 0.3) is 11.5 Å². The number of rotatable bonds is 3. The summed E-state index contributed by atoms with van der Waals surface area (Å²) < 4.78 is 5.27. The third-order valence-corrected chi connectivity index (χ3v) is 6.97. The lowest BCUT2D eigenvalue weighted by atomic mass is 9.89. The summed E-state index contributed by atoms with van der Waals surface area (Å²) >= 11 is 7.60. The molecule has 0 bridgehead atoms. The zero-order chi connectivity index (χ0) is 20.9. The number of carbonyl (C=O) groups is 1. The lowest BCUT2D eigenvalue weighted by Crippen LogP contribution is -2.23. The maximum atomic E-state index is 12.9. The van der Waals surface area contributed by atoms with Crippen LogP contribution in [0.2, 0.25) is 5.02 Å². The summed E-state index contributed by atoms with van der Waals surface area (Å²) in [6, 6.07) is 3.26. The molecule has 1 aliphatic rings. The number of nitrogens with one attached hydrogen (secondary N) is 2. The number of hydrogen-bond donors (Lipinski definition) is 3. The highest BCUT2D eigenvalue weighted by Gasteiger charge is 2.27. The summed E-state index contributed by atoms with van der Waals surface area (Å²) in [5.41, 5.74) is 1.23. The molecular formula is C21H21ClN2O4S. The topological polar surface area (TPSA) is 91.4 Å². The predicted molar refractivity (Wildman–Crippen MR) is 116 cm³/mol. The van der Waals surface area contributed by atoms with Crippen molar-refractivity contribution >= 4 is 44.7 Å². The summed E-state index contributed by atoms with van der Waals surface area (Å²) in [6.07, 6.45) is 2.75. The van der Waals surface area contributed by atoms with E-state index in [-0.39, 0.29) is 11.3 Å². The Morgan fingerprint density at radius 3 is 2.90 bits per heavy atom. The first-order chi connectivity index (χ1) is 13.8. The Kier molecular flexibility index (Phi) is 5.04. The summed E-state index contributed by atoms with van der Waals surface area (Å²) in [4.78, 5) is 30.1. The molecule has 3 aromatic rings. The normalized spacial score (nSPS) is 15.9. The number of aryl methyl sites for hydroxylation is 2. The van der Waals surface area contributed by atoms with E-state index in [1.165, 1.54) is 18.4 Å². The SMILES string of the molecule is COc1cc(Cl)c(C)cc1NC(=O)c1c(O)c2c3c(sc2[nH]c1=O)CC(C)CC3. The molecule has 29 heavy (non-hydrogen) atoms. The van der Waals surface area contributed by atoms with Gasteiger partial charge in [0.15, 0.2) is 0 Å². The Balaban J connectivity index is 1.79. The summed E-state index contributed by atoms with van der Waals surface area (Å²) in [5, 5.41) is 14.6. The molecule has 1 aliphatic carbocycles. The van der Waals surface area contributed by atoms with Crippen molar-refractivity contribution in [2.75, 3.05) is 12.4 Å². The van der Waals surface area contributed by atoms with Crippen molar-refractivity contribution in [2.45, 2.75) is 33.1 Å². The number of aromatic amines is 1. The van der Waals surface area contributed by atoms with Crippen LogP contribution in [-0.4, -0.2) is 23.1 Å². The molecule has 6 nitrogen and oxygen atoms in total. The van der Waals surface area contributed by atoms with Crippen molar-refractivity contribution in [3.05, 3.63) is 49.1 Å². The van der Waals surface area contributed by atoms with Gasteiger partial charge < -0.3 is 20.1 Å². The van der Waals surface area contributed by atoms with Crippen LogP contribution in [0.4, 0.5) is 5.69 Å². The van der Waals surface area contributed by atoms with E-state index in [2.05, 4.69) is 17.2 Å². The molecule has 1 atom stereocenters. The van der Waals surface area contributed by atoms with Crippen LogP contribution in [0.5, 0.6) is 11.5 Å². The van der Waals surface area contributed by atoms with Gasteiger partial charge in [-0.25, -0.2) is 0 Å². The summed E-state index contributed by atoms with van der Waals surface area (Å²) in [6.45, 7) is 3.99. The second-order valence-electron chi connectivity index (χ2n) is 7.49. The minimum Gasteiger partial charge on any atom is -0.506 e. The molecule has 2 heterocycles. The number of fused-ring (bicyclic) bond motifs is 3. The minimum atomic E-state index is -0.699. The molecule has 0 spiro atoms. The standard InChI is InChI=1S/C21H21ClN2O4S/c1-9-4-5-11-15(6-9)29-21-16(11)18(25)17(20(27)24-21)19(26)23-13-7-10(2)12(22)8-14(13)28-3/h7-9H,4-6H2,1-3H3,(H,23,26)(H2,24,25,27). The van der Waals surface area contributed by atoms with Crippen molar-refractivity contribution in [2.24, 2.45) is 5.92 Å². The number of aromatic hydroxyl groups is 1. The van der Waals surface area contributed by atoms with Crippen molar-refractivity contribution in [3.63, 3.8) is 0 Å². The van der Waals surface area contributed by atoms with Gasteiger partial charge in [0.05, 0.1) is 18.2 Å². The number of H-pyrrole nitrogens is 1. The maximum absolute atomic E-state index is 12.9. The van der Waals surface area contributed by atoms with E-state index in [0.717, 1.165) is 35.3 Å². The van der Waals surface area contributed by atoms with Crippen LogP contribution in [0.1, 0.15) is 39.7 Å². The quantitative estimate of drug-likeness (QED) is 0.562. The van der Waals surface area contributed by atoms with Crippen LogP contribution in [0, 0.1) is 12.8 Å². The number of benzene rings is 1. The first-order valence-electron chi connectivity index (χ1n) is 9.35. The van der Waals surface area contributed by atoms with Gasteiger partial charge in [-0.3, -0.25) is 9.59 Å². The number of anilines is 1. The largest absolute Gasteiger partial charge is 0.506 e. The Morgan fingerprint density at radius 1 is 1.41 bits per heavy atom. The van der Waals surface area contributed by atoms with Gasteiger partial charge in [-0.1, -0.05) is 18.5 Å². The molecule has 0 radical (unpaired) electrons. The maximum Gasteiger partial charge on any atom is 0.265 e. The number of amides is 1. The van der Waals surface area contributed by atoms with E-state index in [9.17, 15) is 14.7 Å². The zero-order valence-corrected chi connectivity index (χ0v) is 17.9. The van der Waals surface area contributed by atoms with Gasteiger partial charge in [0, 0.05) is 16.0 Å². The molecule has 0 saturated carbocycles. The third kappa shape index (κ3) is 3.38. The molecule has 4 rings (SSSR count). The van der Waals surface area contributed by atoms with Crippen LogP contribution in [0.15, 0.2) is 16.9 Å². The van der Waals surface area contributed by atoms with Crippen LogP contribution >= 0.6 is 22.9 Å². The average molecular weight is 433 g/mol. The molecule has 3 N–H and O–H groups in total. The monoisotopic (exact) mass is 432 g/mol. The second-order valence-corrected chi connectivity index (χ2v) is 9.00. The van der Waals surface area contributed by atoms with Crippen LogP contribution in [0.25, 0.3) is 10.2 Å². The number of thiophene rings is 1. The number of carbonyl (C=O) groups excluding carboxylic acids is 1. The summed E-state index contributed by atoms with van der Waals surface area (Å²) in [5.74, 6) is -0.0339. The molecule has 152 valence electrons. The molecule has 8 heteroatoms. The van der Waals surface area contributed by atoms with E-state index < -0.39 is 11.5 Å². The van der Waals surface area contributed by atoms with Gasteiger partial charge in [0.2, 0.25) is 0 Å². The van der Waals surface area contributed by atoms with Crippen LogP contribution in [0.3, 0.4) is 0 Å². The smallest absolute Gasteiger partial charge is 0.265 e. The molecule has 0 saturated heterocycles. The lowest BCUT2D eigenvalue weighted by Gasteiger charge is -2.18. The first kappa shape index (κ1) is 19.8. The van der Waals surface area contributed by atoms with Gasteiger partial charge in [-0.15, -0.1) is 11.3 Å². The molecule has 1 aromatic carbocycles. The Hall–Kier alpha value is -2.51. The fraction of sp³-hybridized carbons (Fsp3) is 0.333. The second kappa shape index (κ2) is 7.39. The van der Waals surface area contributed by atoms with Gasteiger partial charge in [-0.2, -0.15) is 0 Å².